The summed E-state index contributed by atoms with van der Waals surface area (Å²) >= 11 is 0. The molecule has 1 unspecified atom stereocenters. The third-order valence-electron chi connectivity index (χ3n) is 2.78. The molecule has 0 aromatic rings. The second kappa shape index (κ2) is 8.75. The summed E-state index contributed by atoms with van der Waals surface area (Å²) < 4.78 is 0. The molecular weight excluding hydrogens is 319 g/mol. The Bertz CT molecular complexity index is 221. The molecular formula is C10H17BaNO3+2. The molecule has 0 amide bonds. The van der Waals surface area contributed by atoms with E-state index in [0.717, 1.165) is 38.5 Å². The molecule has 0 aromatic heterocycles. The standard InChI is InChI=1S/C10H17NO3.Ba/c12-10-8-6-4-2-1-3-5-7-9(10)11(13)14;/h9H,1-8H2;/q;+2. The zero-order valence-electron chi connectivity index (χ0n) is 9.11. The number of nitro groups is 1. The van der Waals surface area contributed by atoms with E-state index in [9.17, 15) is 14.9 Å². The van der Waals surface area contributed by atoms with Gasteiger partial charge in [0, 0.05) is 17.8 Å². The van der Waals surface area contributed by atoms with Crippen molar-refractivity contribution in [1.82, 2.24) is 0 Å². The molecule has 15 heavy (non-hydrogen) atoms. The topological polar surface area (TPSA) is 60.2 Å². The van der Waals surface area contributed by atoms with E-state index >= 15 is 0 Å². The number of rotatable bonds is 1. The molecule has 1 fully saturated rings. The maximum Gasteiger partial charge on any atom is 2.00 e. The Morgan fingerprint density at radius 2 is 1.60 bits per heavy atom. The van der Waals surface area contributed by atoms with Crippen LogP contribution in [0.3, 0.4) is 0 Å². The van der Waals surface area contributed by atoms with Gasteiger partial charge in [-0.25, -0.2) is 0 Å². The number of hydrogen-bond acceptors (Lipinski definition) is 3. The molecule has 1 saturated carbocycles. The van der Waals surface area contributed by atoms with E-state index in [4.69, 9.17) is 0 Å². The average molecular weight is 337 g/mol. The van der Waals surface area contributed by atoms with Crippen LogP contribution >= 0.6 is 0 Å². The van der Waals surface area contributed by atoms with Crippen molar-refractivity contribution in [3.63, 3.8) is 0 Å². The second-order valence-corrected chi connectivity index (χ2v) is 3.93. The van der Waals surface area contributed by atoms with Crippen molar-refractivity contribution in [2.75, 3.05) is 0 Å². The van der Waals surface area contributed by atoms with Crippen LogP contribution in [0.25, 0.3) is 0 Å². The summed E-state index contributed by atoms with van der Waals surface area (Å²) in [6.45, 7) is 0. The molecule has 1 aliphatic rings. The van der Waals surface area contributed by atoms with Crippen molar-refractivity contribution in [2.24, 2.45) is 0 Å². The van der Waals surface area contributed by atoms with Crippen LogP contribution in [0.15, 0.2) is 0 Å². The van der Waals surface area contributed by atoms with Gasteiger partial charge in [0.05, 0.1) is 0 Å². The van der Waals surface area contributed by atoms with Gasteiger partial charge in [0.15, 0.2) is 0 Å². The zero-order valence-corrected chi connectivity index (χ0v) is 13.6. The van der Waals surface area contributed by atoms with Crippen molar-refractivity contribution in [2.45, 2.75) is 57.4 Å². The van der Waals surface area contributed by atoms with Crippen LogP contribution in [0.5, 0.6) is 0 Å². The summed E-state index contributed by atoms with van der Waals surface area (Å²) in [5.41, 5.74) is 0. The molecule has 0 aromatic carbocycles. The summed E-state index contributed by atoms with van der Waals surface area (Å²) in [6.07, 6.45) is 6.85. The van der Waals surface area contributed by atoms with E-state index in [0.29, 0.717) is 12.8 Å². The van der Waals surface area contributed by atoms with Gasteiger partial charge in [-0.3, -0.25) is 14.9 Å². The van der Waals surface area contributed by atoms with Gasteiger partial charge in [-0.1, -0.05) is 25.7 Å². The first-order valence-electron chi connectivity index (χ1n) is 5.38. The molecule has 1 atom stereocenters. The van der Waals surface area contributed by atoms with Crippen LogP contribution in [-0.2, 0) is 4.79 Å². The number of hydrogen-bond donors (Lipinski definition) is 0. The maximum atomic E-state index is 11.4. The molecule has 4 nitrogen and oxygen atoms in total. The van der Waals surface area contributed by atoms with Crippen LogP contribution in [0.2, 0.25) is 0 Å². The van der Waals surface area contributed by atoms with Crippen LogP contribution in [0.4, 0.5) is 0 Å². The minimum Gasteiger partial charge on any atom is -0.292 e. The molecule has 0 N–H and O–H groups in total. The van der Waals surface area contributed by atoms with Gasteiger partial charge in [0.25, 0.3) is 6.04 Å². The summed E-state index contributed by atoms with van der Waals surface area (Å²) in [5.74, 6) is -0.170. The van der Waals surface area contributed by atoms with Gasteiger partial charge >= 0.3 is 48.9 Å². The zero-order chi connectivity index (χ0) is 10.4. The Morgan fingerprint density at radius 1 is 1.07 bits per heavy atom. The van der Waals surface area contributed by atoms with Gasteiger partial charge in [0.2, 0.25) is 5.78 Å². The summed E-state index contributed by atoms with van der Waals surface area (Å²) in [4.78, 5) is 21.6. The number of nitrogens with zero attached hydrogens (tertiary/aromatic N) is 1. The van der Waals surface area contributed by atoms with Gasteiger partial charge in [-0.2, -0.15) is 0 Å². The van der Waals surface area contributed by atoms with E-state index in [1.807, 2.05) is 0 Å². The number of Topliss-reactive ketones (excluding diaryl/α,β-unsaturated/α-hetero) is 1. The Labute approximate surface area is 130 Å². The predicted molar refractivity (Wildman–Crippen MR) is 58.5 cm³/mol. The minimum atomic E-state index is -0.923. The van der Waals surface area contributed by atoms with Crippen molar-refractivity contribution in [3.05, 3.63) is 10.1 Å². The van der Waals surface area contributed by atoms with Crippen molar-refractivity contribution in [1.29, 1.82) is 0 Å². The Kier molecular flexibility index (Phi) is 9.13. The van der Waals surface area contributed by atoms with E-state index in [1.165, 1.54) is 0 Å². The normalized spacial score (nSPS) is 24.0. The largest absolute Gasteiger partial charge is 2.00 e. The molecule has 0 spiro atoms. The summed E-state index contributed by atoms with van der Waals surface area (Å²) in [7, 11) is 0. The number of carbonyl (C=O) groups excluding carboxylic acids is 1. The first-order chi connectivity index (χ1) is 6.72. The first-order valence-corrected chi connectivity index (χ1v) is 5.38. The quantitative estimate of drug-likeness (QED) is 0.418. The van der Waals surface area contributed by atoms with E-state index in [-0.39, 0.29) is 54.7 Å². The molecule has 5 heteroatoms. The summed E-state index contributed by atoms with van der Waals surface area (Å²) in [6, 6.07) is -0.923. The fourth-order valence-electron chi connectivity index (χ4n) is 1.89. The fraction of sp³-hybridized carbons (Fsp3) is 0.900. The van der Waals surface area contributed by atoms with E-state index < -0.39 is 11.0 Å². The third-order valence-corrected chi connectivity index (χ3v) is 2.78. The van der Waals surface area contributed by atoms with Crippen molar-refractivity contribution in [3.8, 4) is 0 Å². The Morgan fingerprint density at radius 3 is 2.20 bits per heavy atom. The monoisotopic (exact) mass is 337 g/mol. The average Bonchev–Trinajstić information content (AvgIpc) is 2.15. The van der Waals surface area contributed by atoms with E-state index in [2.05, 4.69) is 0 Å². The molecule has 0 bridgehead atoms. The van der Waals surface area contributed by atoms with Gasteiger partial charge in [-0.15, -0.1) is 0 Å². The SMILES string of the molecule is O=C1CCCCCCCCC1[N+](=O)[O-].[Ba+2]. The fourth-order valence-corrected chi connectivity index (χ4v) is 1.89. The van der Waals surface area contributed by atoms with Crippen LogP contribution in [-0.4, -0.2) is 65.6 Å². The third kappa shape index (κ3) is 6.06. The van der Waals surface area contributed by atoms with Crippen LogP contribution in [0.1, 0.15) is 51.4 Å². The number of carbonyl (C=O) groups is 1. The van der Waals surface area contributed by atoms with E-state index in [1.54, 1.807) is 0 Å². The maximum absolute atomic E-state index is 11.4. The first kappa shape index (κ1) is 15.6. The smallest absolute Gasteiger partial charge is 0.292 e. The molecule has 0 saturated heterocycles. The van der Waals surface area contributed by atoms with Gasteiger partial charge in [0.1, 0.15) is 0 Å². The van der Waals surface area contributed by atoms with Crippen molar-refractivity contribution >= 4 is 54.7 Å². The second-order valence-electron chi connectivity index (χ2n) is 3.93. The molecule has 1 rings (SSSR count). The molecule has 1 aliphatic carbocycles. The molecule has 0 aliphatic heterocycles. The van der Waals surface area contributed by atoms with Gasteiger partial charge in [-0.05, 0) is 12.8 Å². The Balaban J connectivity index is 0.00000196. The summed E-state index contributed by atoms with van der Waals surface area (Å²) in [5, 5.41) is 10.6. The number of ketones is 1. The van der Waals surface area contributed by atoms with Gasteiger partial charge < -0.3 is 0 Å². The Hall–Kier alpha value is 0.641. The molecule has 0 radical (unpaired) electrons. The molecule has 80 valence electrons. The minimum absolute atomic E-state index is 0. The predicted octanol–water partition coefficient (Wildman–Crippen LogP) is 1.95. The van der Waals surface area contributed by atoms with Crippen LogP contribution < -0.4 is 0 Å². The molecule has 0 heterocycles. The van der Waals surface area contributed by atoms with Crippen molar-refractivity contribution < 1.29 is 9.72 Å². The van der Waals surface area contributed by atoms with Crippen LogP contribution in [0, 0.1) is 10.1 Å².